The minimum atomic E-state index is -0.556. The van der Waals surface area contributed by atoms with Gasteiger partial charge in [-0.2, -0.15) is 0 Å². The molecule has 0 unspecified atom stereocenters. The van der Waals surface area contributed by atoms with E-state index in [-0.39, 0.29) is 17.7 Å². The first-order valence-corrected chi connectivity index (χ1v) is 8.85. The minimum Gasteiger partial charge on any atom is -0.306 e. The molecule has 1 aliphatic heterocycles. The van der Waals surface area contributed by atoms with Crippen molar-refractivity contribution in [1.82, 2.24) is 14.9 Å². The van der Waals surface area contributed by atoms with Gasteiger partial charge in [-0.25, -0.2) is 13.8 Å². The summed E-state index contributed by atoms with van der Waals surface area (Å²) in [4.78, 5) is 21.9. The van der Waals surface area contributed by atoms with Gasteiger partial charge in [-0.05, 0) is 25.5 Å². The lowest BCUT2D eigenvalue weighted by molar-refractivity contribution is 0.233. The summed E-state index contributed by atoms with van der Waals surface area (Å²) in [6.07, 6.45) is 0.502. The lowest BCUT2D eigenvalue weighted by atomic mass is 10.0. The molecular weight excluding hydrogens is 348 g/mol. The minimum absolute atomic E-state index is 0.0459. The van der Waals surface area contributed by atoms with Crippen molar-refractivity contribution in [2.75, 3.05) is 6.54 Å². The zero-order valence-electron chi connectivity index (χ0n) is 14.9. The normalized spacial score (nSPS) is 14.2. The number of H-pyrrole nitrogens is 1. The summed E-state index contributed by atoms with van der Waals surface area (Å²) in [5.74, 6) is -0.599. The number of fused-ring (bicyclic) bond motifs is 1. The van der Waals surface area contributed by atoms with E-state index in [9.17, 15) is 13.6 Å². The number of halogens is 2. The number of nitrogens with one attached hydrogen (secondary N) is 1. The maximum atomic E-state index is 13.9. The van der Waals surface area contributed by atoms with Crippen molar-refractivity contribution in [3.05, 3.63) is 86.8 Å². The Balaban J connectivity index is 1.63. The van der Waals surface area contributed by atoms with Crippen molar-refractivity contribution in [2.45, 2.75) is 26.4 Å². The number of aromatic nitrogens is 2. The molecule has 0 bridgehead atoms. The summed E-state index contributed by atoms with van der Waals surface area (Å²) in [6, 6.07) is 11.6. The Morgan fingerprint density at radius 3 is 2.52 bits per heavy atom. The largest absolute Gasteiger partial charge is 0.306 e. The van der Waals surface area contributed by atoms with Crippen molar-refractivity contribution in [3.8, 4) is 11.4 Å². The maximum absolute atomic E-state index is 13.9. The number of benzene rings is 2. The Hall–Kier alpha value is -2.86. The van der Waals surface area contributed by atoms with Crippen LogP contribution in [-0.2, 0) is 19.5 Å². The SMILES string of the molecule is Cc1ccc(-c2nc3c(c(=O)[nH]2)CCN(Cc2c(F)cccc2F)C3)cc1. The van der Waals surface area contributed by atoms with E-state index in [1.165, 1.54) is 18.2 Å². The number of nitrogens with zero attached hydrogens (tertiary/aromatic N) is 2. The Morgan fingerprint density at radius 2 is 1.81 bits per heavy atom. The fourth-order valence-corrected chi connectivity index (χ4v) is 3.38. The summed E-state index contributed by atoms with van der Waals surface area (Å²) in [5, 5.41) is 0. The number of aryl methyl sites for hydroxylation is 1. The van der Waals surface area contributed by atoms with Crippen LogP contribution in [0.3, 0.4) is 0 Å². The highest BCUT2D eigenvalue weighted by Crippen LogP contribution is 2.22. The smallest absolute Gasteiger partial charge is 0.254 e. The zero-order chi connectivity index (χ0) is 19.0. The Kier molecular flexibility index (Phi) is 4.58. The molecule has 3 aromatic rings. The molecule has 6 heteroatoms. The third-order valence-electron chi connectivity index (χ3n) is 4.92. The van der Waals surface area contributed by atoms with Crippen LogP contribution >= 0.6 is 0 Å². The quantitative estimate of drug-likeness (QED) is 0.770. The Morgan fingerprint density at radius 1 is 1.11 bits per heavy atom. The van der Waals surface area contributed by atoms with Crippen LogP contribution in [0.15, 0.2) is 47.3 Å². The molecule has 1 aliphatic rings. The average Bonchev–Trinajstić information content (AvgIpc) is 2.65. The molecule has 0 saturated heterocycles. The fraction of sp³-hybridized carbons (Fsp3) is 0.238. The number of aromatic amines is 1. The van der Waals surface area contributed by atoms with Gasteiger partial charge in [0.25, 0.3) is 5.56 Å². The first-order chi connectivity index (χ1) is 13.0. The molecule has 0 spiro atoms. The highest BCUT2D eigenvalue weighted by molar-refractivity contribution is 5.55. The molecule has 0 radical (unpaired) electrons. The van der Waals surface area contributed by atoms with Gasteiger partial charge in [0.05, 0.1) is 5.69 Å². The van der Waals surface area contributed by atoms with Gasteiger partial charge < -0.3 is 4.98 Å². The second-order valence-electron chi connectivity index (χ2n) is 6.87. The van der Waals surface area contributed by atoms with E-state index in [0.717, 1.165) is 11.1 Å². The molecule has 0 aliphatic carbocycles. The predicted octanol–water partition coefficient (Wildman–Crippen LogP) is 3.58. The summed E-state index contributed by atoms with van der Waals surface area (Å²) >= 11 is 0. The van der Waals surface area contributed by atoms with Gasteiger partial charge >= 0.3 is 0 Å². The topological polar surface area (TPSA) is 49.0 Å². The molecule has 0 fully saturated rings. The van der Waals surface area contributed by atoms with Crippen LogP contribution in [0.4, 0.5) is 8.78 Å². The second-order valence-corrected chi connectivity index (χ2v) is 6.87. The average molecular weight is 367 g/mol. The number of hydrogen-bond donors (Lipinski definition) is 1. The number of hydrogen-bond acceptors (Lipinski definition) is 3. The van der Waals surface area contributed by atoms with Crippen LogP contribution in [0.5, 0.6) is 0 Å². The van der Waals surface area contributed by atoms with Gasteiger partial charge in [-0.1, -0.05) is 35.9 Å². The maximum Gasteiger partial charge on any atom is 0.254 e. The lowest BCUT2D eigenvalue weighted by Gasteiger charge is -2.28. The van der Waals surface area contributed by atoms with Crippen molar-refractivity contribution in [1.29, 1.82) is 0 Å². The van der Waals surface area contributed by atoms with E-state index in [1.54, 1.807) is 0 Å². The van der Waals surface area contributed by atoms with E-state index >= 15 is 0 Å². The van der Waals surface area contributed by atoms with E-state index in [0.29, 0.717) is 36.6 Å². The van der Waals surface area contributed by atoms with E-state index in [4.69, 9.17) is 0 Å². The molecule has 2 aromatic carbocycles. The van der Waals surface area contributed by atoms with Crippen molar-refractivity contribution in [3.63, 3.8) is 0 Å². The third-order valence-corrected chi connectivity index (χ3v) is 4.92. The van der Waals surface area contributed by atoms with E-state index < -0.39 is 11.6 Å². The van der Waals surface area contributed by atoms with Gasteiger partial charge in [-0.15, -0.1) is 0 Å². The molecule has 27 heavy (non-hydrogen) atoms. The van der Waals surface area contributed by atoms with Gasteiger partial charge in [-0.3, -0.25) is 9.69 Å². The second kappa shape index (κ2) is 7.04. The molecule has 4 nitrogen and oxygen atoms in total. The molecule has 0 amide bonds. The van der Waals surface area contributed by atoms with Crippen LogP contribution < -0.4 is 5.56 Å². The third kappa shape index (κ3) is 3.53. The van der Waals surface area contributed by atoms with E-state index in [1.807, 2.05) is 36.1 Å². The summed E-state index contributed by atoms with van der Waals surface area (Å²) in [5.41, 5.74) is 3.17. The van der Waals surface area contributed by atoms with Crippen LogP contribution in [0.25, 0.3) is 11.4 Å². The van der Waals surface area contributed by atoms with Crippen molar-refractivity contribution >= 4 is 0 Å². The van der Waals surface area contributed by atoms with Crippen LogP contribution in [0.2, 0.25) is 0 Å². The first-order valence-electron chi connectivity index (χ1n) is 8.85. The monoisotopic (exact) mass is 367 g/mol. The molecule has 0 saturated carbocycles. The predicted molar refractivity (Wildman–Crippen MR) is 99.2 cm³/mol. The van der Waals surface area contributed by atoms with Gasteiger partial charge in [0, 0.05) is 36.3 Å². The lowest BCUT2D eigenvalue weighted by Crippen LogP contribution is -2.35. The molecule has 4 rings (SSSR count). The van der Waals surface area contributed by atoms with Gasteiger partial charge in [0.1, 0.15) is 17.5 Å². The van der Waals surface area contributed by atoms with Crippen LogP contribution in [-0.4, -0.2) is 21.4 Å². The van der Waals surface area contributed by atoms with Crippen molar-refractivity contribution < 1.29 is 8.78 Å². The summed E-state index contributed by atoms with van der Waals surface area (Å²) < 4.78 is 27.9. The number of rotatable bonds is 3. The molecule has 1 N–H and O–H groups in total. The van der Waals surface area contributed by atoms with Gasteiger partial charge in [0.15, 0.2) is 0 Å². The molecular formula is C21H19F2N3O. The highest BCUT2D eigenvalue weighted by atomic mass is 19.1. The molecule has 2 heterocycles. The molecule has 0 atom stereocenters. The Bertz CT molecular complexity index is 1020. The van der Waals surface area contributed by atoms with Crippen molar-refractivity contribution in [2.24, 2.45) is 0 Å². The molecule has 138 valence electrons. The standard InChI is InChI=1S/C21H19F2N3O/c1-13-5-7-14(8-6-13)20-24-19-12-26(10-9-15(19)21(27)25-20)11-16-17(22)3-2-4-18(16)23/h2-8H,9-12H2,1H3,(H,24,25,27). The fourth-order valence-electron chi connectivity index (χ4n) is 3.38. The molecule has 1 aromatic heterocycles. The summed E-state index contributed by atoms with van der Waals surface area (Å²) in [6.45, 7) is 3.07. The van der Waals surface area contributed by atoms with Crippen LogP contribution in [0, 0.1) is 18.6 Å². The Labute approximate surface area is 155 Å². The highest BCUT2D eigenvalue weighted by Gasteiger charge is 2.23. The summed E-state index contributed by atoms with van der Waals surface area (Å²) in [7, 11) is 0. The van der Waals surface area contributed by atoms with Gasteiger partial charge in [0.2, 0.25) is 0 Å². The zero-order valence-corrected chi connectivity index (χ0v) is 14.9. The van der Waals surface area contributed by atoms with Crippen LogP contribution in [0.1, 0.15) is 22.4 Å². The first kappa shape index (κ1) is 17.5. The van der Waals surface area contributed by atoms with E-state index in [2.05, 4.69) is 9.97 Å².